The molecule has 0 aromatic carbocycles. The second kappa shape index (κ2) is 12.1. The Balaban J connectivity index is 2.45. The van der Waals surface area contributed by atoms with Crippen molar-refractivity contribution in [1.29, 1.82) is 5.26 Å². The number of carbonyl (C=O) groups is 4. The number of hydrogen-bond donors (Lipinski definition) is 3. The molecule has 0 aromatic rings. The molecule has 0 saturated carbocycles. The van der Waals surface area contributed by atoms with Gasteiger partial charge in [-0.3, -0.25) is 9.69 Å². The summed E-state index contributed by atoms with van der Waals surface area (Å²) in [6.45, 7) is 4.92. The largest absolute Gasteiger partial charge is 0.465 e. The molecular formula is C18H28N4O7S. The van der Waals surface area contributed by atoms with E-state index in [4.69, 9.17) is 19.8 Å². The third-order valence-corrected chi connectivity index (χ3v) is 4.92. The molecule has 168 valence electrons. The fourth-order valence-electron chi connectivity index (χ4n) is 2.55. The van der Waals surface area contributed by atoms with Gasteiger partial charge in [0.15, 0.2) is 6.61 Å². The van der Waals surface area contributed by atoms with Crippen molar-refractivity contribution in [3.63, 3.8) is 0 Å². The fraction of sp³-hybridized carbons (Fsp3) is 0.722. The summed E-state index contributed by atoms with van der Waals surface area (Å²) in [5.74, 6) is -0.438. The van der Waals surface area contributed by atoms with Crippen molar-refractivity contribution in [1.82, 2.24) is 15.5 Å². The summed E-state index contributed by atoms with van der Waals surface area (Å²) >= 11 is 1.37. The van der Waals surface area contributed by atoms with Crippen LogP contribution in [0.25, 0.3) is 0 Å². The predicted octanol–water partition coefficient (Wildman–Crippen LogP) is 1.29. The molecule has 1 aliphatic heterocycles. The Kier molecular flexibility index (Phi) is 10.2. The molecule has 0 radical (unpaired) electrons. The second-order valence-electron chi connectivity index (χ2n) is 7.52. The summed E-state index contributed by atoms with van der Waals surface area (Å²) in [4.78, 5) is 48.4. The Bertz CT molecular complexity index is 674. The molecule has 11 nitrogen and oxygen atoms in total. The Morgan fingerprint density at radius 2 is 2.00 bits per heavy atom. The van der Waals surface area contributed by atoms with Crippen LogP contribution < -0.4 is 10.6 Å². The summed E-state index contributed by atoms with van der Waals surface area (Å²) in [5.41, 5.74) is -0.738. The van der Waals surface area contributed by atoms with Gasteiger partial charge in [-0.1, -0.05) is 0 Å². The van der Waals surface area contributed by atoms with E-state index in [2.05, 4.69) is 10.6 Å². The molecule has 2 unspecified atom stereocenters. The third kappa shape index (κ3) is 9.21. The quantitative estimate of drug-likeness (QED) is 0.352. The minimum atomic E-state index is -1.13. The Morgan fingerprint density at radius 3 is 2.60 bits per heavy atom. The molecule has 3 amide bonds. The van der Waals surface area contributed by atoms with Gasteiger partial charge < -0.3 is 25.2 Å². The lowest BCUT2D eigenvalue weighted by Gasteiger charge is -2.23. The van der Waals surface area contributed by atoms with Gasteiger partial charge >= 0.3 is 18.2 Å². The Morgan fingerprint density at radius 1 is 1.30 bits per heavy atom. The minimum absolute atomic E-state index is 0.222. The number of carboxylic acid groups (broad SMARTS) is 1. The van der Waals surface area contributed by atoms with E-state index < -0.39 is 42.4 Å². The lowest BCUT2D eigenvalue weighted by Crippen LogP contribution is -2.47. The van der Waals surface area contributed by atoms with Crippen molar-refractivity contribution in [2.24, 2.45) is 0 Å². The van der Waals surface area contributed by atoms with Crippen LogP contribution >= 0.6 is 11.8 Å². The summed E-state index contributed by atoms with van der Waals surface area (Å²) in [7, 11) is 0. The van der Waals surface area contributed by atoms with Crippen molar-refractivity contribution in [3.8, 4) is 6.07 Å². The molecule has 1 fully saturated rings. The van der Waals surface area contributed by atoms with E-state index in [1.54, 1.807) is 26.8 Å². The molecule has 2 atom stereocenters. The van der Waals surface area contributed by atoms with Crippen molar-refractivity contribution in [3.05, 3.63) is 0 Å². The number of hydrogen-bond acceptors (Lipinski definition) is 8. The number of rotatable bonds is 9. The fourth-order valence-corrected chi connectivity index (χ4v) is 3.70. The van der Waals surface area contributed by atoms with Gasteiger partial charge in [0.25, 0.3) is 0 Å². The lowest BCUT2D eigenvalue weighted by atomic mass is 10.1. The van der Waals surface area contributed by atoms with E-state index in [0.717, 1.165) is 4.90 Å². The Hall–Kier alpha value is -2.68. The van der Waals surface area contributed by atoms with E-state index in [9.17, 15) is 19.2 Å². The minimum Gasteiger partial charge on any atom is -0.465 e. The zero-order valence-electron chi connectivity index (χ0n) is 17.3. The molecule has 0 spiro atoms. The molecular weight excluding hydrogens is 416 g/mol. The zero-order valence-corrected chi connectivity index (χ0v) is 18.1. The van der Waals surface area contributed by atoms with Gasteiger partial charge in [0.05, 0.1) is 5.88 Å². The second-order valence-corrected chi connectivity index (χ2v) is 8.52. The van der Waals surface area contributed by atoms with Gasteiger partial charge in [-0.25, -0.2) is 14.4 Å². The maximum Gasteiger partial charge on any atom is 0.408 e. The summed E-state index contributed by atoms with van der Waals surface area (Å²) in [5, 5.41) is 22.8. The number of unbranched alkanes of at least 4 members (excludes halogenated alkanes) is 1. The normalized spacial score (nSPS) is 16.9. The molecule has 0 aliphatic carbocycles. The molecule has 0 bridgehead atoms. The van der Waals surface area contributed by atoms with Crippen molar-refractivity contribution >= 4 is 35.8 Å². The molecule has 3 N–H and O–H groups in total. The third-order valence-electron chi connectivity index (χ3n) is 3.90. The topological polar surface area (TPSA) is 158 Å². The first kappa shape index (κ1) is 25.4. The Labute approximate surface area is 179 Å². The van der Waals surface area contributed by atoms with Crippen LogP contribution in [0.15, 0.2) is 0 Å². The lowest BCUT2D eigenvalue weighted by molar-refractivity contribution is -0.145. The van der Waals surface area contributed by atoms with Gasteiger partial charge in [-0.2, -0.15) is 5.26 Å². The molecule has 1 saturated heterocycles. The number of carbonyl (C=O) groups excluding carboxylic acids is 3. The first-order valence-corrected chi connectivity index (χ1v) is 10.6. The monoisotopic (exact) mass is 444 g/mol. The number of nitrogens with one attached hydrogen (secondary N) is 2. The molecule has 1 aliphatic rings. The first-order chi connectivity index (χ1) is 14.0. The van der Waals surface area contributed by atoms with E-state index >= 15 is 0 Å². The number of amides is 3. The van der Waals surface area contributed by atoms with Crippen LogP contribution in [0, 0.1) is 11.3 Å². The van der Waals surface area contributed by atoms with Gasteiger partial charge in [0.1, 0.15) is 23.8 Å². The average molecular weight is 445 g/mol. The molecule has 1 rings (SSSR count). The highest BCUT2D eigenvalue weighted by molar-refractivity contribution is 7.99. The van der Waals surface area contributed by atoms with E-state index in [0.29, 0.717) is 25.1 Å². The number of nitrogens with zero attached hydrogens (tertiary/aromatic N) is 2. The van der Waals surface area contributed by atoms with Crippen LogP contribution in [0.4, 0.5) is 9.59 Å². The predicted molar refractivity (Wildman–Crippen MR) is 108 cm³/mol. The maximum atomic E-state index is 12.2. The maximum absolute atomic E-state index is 12.2. The summed E-state index contributed by atoms with van der Waals surface area (Å²) in [6, 6.07) is -0.0111. The highest BCUT2D eigenvalue weighted by Gasteiger charge is 2.34. The van der Waals surface area contributed by atoms with Crippen molar-refractivity contribution in [2.75, 3.05) is 24.8 Å². The van der Waals surface area contributed by atoms with Crippen LogP contribution in [0.1, 0.15) is 40.0 Å². The van der Waals surface area contributed by atoms with E-state index in [1.807, 2.05) is 0 Å². The van der Waals surface area contributed by atoms with Crippen LogP contribution in [-0.2, 0) is 19.1 Å². The summed E-state index contributed by atoms with van der Waals surface area (Å²) < 4.78 is 9.91. The molecule has 1 heterocycles. The number of nitriles is 1. The van der Waals surface area contributed by atoms with E-state index in [1.165, 1.54) is 11.8 Å². The smallest absolute Gasteiger partial charge is 0.408 e. The van der Waals surface area contributed by atoms with Gasteiger partial charge in [0, 0.05) is 12.3 Å². The number of thioether (sulfide) groups is 1. The van der Waals surface area contributed by atoms with Crippen LogP contribution in [-0.4, -0.2) is 76.5 Å². The number of alkyl carbamates (subject to hydrolysis) is 1. The molecule has 30 heavy (non-hydrogen) atoms. The highest BCUT2D eigenvalue weighted by atomic mass is 32.2. The van der Waals surface area contributed by atoms with Crippen molar-refractivity contribution in [2.45, 2.75) is 57.7 Å². The number of esters is 1. The standard InChI is InChI=1S/C18H28N4O7S/c1-18(2,3)29-16(25)21-12(15(24)28-9-7-19)6-4-5-8-20-14(23)13-10-30-11-22(13)17(26)27/h12-13H,4-6,8-11H2,1-3H3,(H,20,23)(H,21,25)(H,26,27). The van der Waals surface area contributed by atoms with Crippen molar-refractivity contribution < 1.29 is 33.8 Å². The molecule has 12 heteroatoms. The van der Waals surface area contributed by atoms with Crippen LogP contribution in [0.2, 0.25) is 0 Å². The van der Waals surface area contributed by atoms with Crippen LogP contribution in [0.5, 0.6) is 0 Å². The van der Waals surface area contributed by atoms with Crippen LogP contribution in [0.3, 0.4) is 0 Å². The molecule has 0 aromatic heterocycles. The zero-order chi connectivity index (χ0) is 22.7. The van der Waals surface area contributed by atoms with Gasteiger partial charge in [-0.05, 0) is 40.0 Å². The van der Waals surface area contributed by atoms with E-state index in [-0.39, 0.29) is 18.2 Å². The van der Waals surface area contributed by atoms with Gasteiger partial charge in [0.2, 0.25) is 5.91 Å². The highest BCUT2D eigenvalue weighted by Crippen LogP contribution is 2.20. The van der Waals surface area contributed by atoms with Gasteiger partial charge in [-0.15, -0.1) is 11.8 Å². The average Bonchev–Trinajstić information content (AvgIpc) is 3.13. The first-order valence-electron chi connectivity index (χ1n) is 9.43. The summed E-state index contributed by atoms with van der Waals surface area (Å²) in [6.07, 6.45) is -0.726. The SMILES string of the molecule is CC(C)(C)OC(=O)NC(CCCCNC(=O)C1CSCN1C(=O)O)C(=O)OCC#N. The number of ether oxygens (including phenoxy) is 2.